The summed E-state index contributed by atoms with van der Waals surface area (Å²) >= 11 is 0. The second-order valence-electron chi connectivity index (χ2n) is 13.4. The molecule has 0 saturated heterocycles. The molecular weight excluding hydrogens is 416 g/mol. The number of rotatable bonds is 6. The van der Waals surface area contributed by atoms with Gasteiger partial charge in [0.2, 0.25) is 0 Å². The van der Waals surface area contributed by atoms with Crippen molar-refractivity contribution < 1.29 is 10.2 Å². The van der Waals surface area contributed by atoms with E-state index < -0.39 is 5.60 Å². The number of aliphatic hydroxyl groups is 2. The van der Waals surface area contributed by atoms with E-state index in [1.165, 1.54) is 44.9 Å². The highest BCUT2D eigenvalue weighted by atomic mass is 16.3. The molecule has 0 unspecified atom stereocenters. The van der Waals surface area contributed by atoms with E-state index in [1.54, 1.807) is 5.57 Å². The summed E-state index contributed by atoms with van der Waals surface area (Å²) in [5.41, 5.74) is 2.73. The van der Waals surface area contributed by atoms with Crippen LogP contribution in [0.4, 0.5) is 0 Å². The predicted octanol–water partition coefficient (Wildman–Crippen LogP) is 7.64. The molecule has 188 valence electrons. The highest BCUT2D eigenvalue weighted by Gasteiger charge is 2.59. The van der Waals surface area contributed by atoms with Crippen LogP contribution in [0.1, 0.15) is 104 Å². The minimum Gasteiger partial charge on any atom is -0.393 e. The van der Waals surface area contributed by atoms with E-state index in [-0.39, 0.29) is 6.10 Å². The quantitative estimate of drug-likeness (QED) is 0.425. The first-order valence-corrected chi connectivity index (χ1v) is 14.3. The molecule has 2 heteroatoms. The number of aliphatic hydroxyl groups excluding tert-OH is 1. The number of allylic oxidation sites excluding steroid dienone is 1. The molecule has 0 bridgehead atoms. The van der Waals surface area contributed by atoms with Gasteiger partial charge in [0.1, 0.15) is 0 Å². The molecule has 0 aromatic heterocycles. The van der Waals surface area contributed by atoms with Gasteiger partial charge in [-0.05, 0) is 117 Å². The van der Waals surface area contributed by atoms with Gasteiger partial charge in [-0.3, -0.25) is 0 Å². The van der Waals surface area contributed by atoms with Crippen molar-refractivity contribution in [3.8, 4) is 0 Å². The van der Waals surface area contributed by atoms with E-state index in [0.29, 0.717) is 10.8 Å². The van der Waals surface area contributed by atoms with Crippen LogP contribution in [0.5, 0.6) is 0 Å². The van der Waals surface area contributed by atoms with Crippen molar-refractivity contribution in [2.45, 2.75) is 110 Å². The van der Waals surface area contributed by atoms with E-state index in [4.69, 9.17) is 0 Å². The molecule has 0 radical (unpaired) electrons. The van der Waals surface area contributed by atoms with Crippen LogP contribution < -0.4 is 0 Å². The zero-order valence-corrected chi connectivity index (χ0v) is 22.1. The molecule has 0 amide bonds. The lowest BCUT2D eigenvalue weighted by molar-refractivity contribution is -0.0576. The van der Waals surface area contributed by atoms with Gasteiger partial charge < -0.3 is 10.2 Å². The number of benzene rings is 1. The van der Waals surface area contributed by atoms with E-state index in [2.05, 4.69) is 39.0 Å². The van der Waals surface area contributed by atoms with Crippen molar-refractivity contribution >= 4 is 0 Å². The minimum absolute atomic E-state index is 0.107. The highest BCUT2D eigenvalue weighted by molar-refractivity contribution is 5.25. The Morgan fingerprint density at radius 3 is 2.56 bits per heavy atom. The highest BCUT2D eigenvalue weighted by Crippen LogP contribution is 2.67. The molecule has 1 aromatic rings. The maximum absolute atomic E-state index is 11.0. The average Bonchev–Trinajstić information content (AvgIpc) is 3.17. The Balaban J connectivity index is 1.24. The van der Waals surface area contributed by atoms with Gasteiger partial charge in [0.15, 0.2) is 0 Å². The molecule has 2 N–H and O–H groups in total. The molecule has 2 nitrogen and oxygen atoms in total. The molecule has 5 rings (SSSR count). The first kappa shape index (κ1) is 24.6. The third-order valence-corrected chi connectivity index (χ3v) is 11.6. The smallest absolute Gasteiger partial charge is 0.0868 e. The largest absolute Gasteiger partial charge is 0.393 e. The topological polar surface area (TPSA) is 40.5 Å². The summed E-state index contributed by atoms with van der Waals surface area (Å²) < 4.78 is 0. The summed E-state index contributed by atoms with van der Waals surface area (Å²) in [5, 5.41) is 21.3. The molecule has 0 aliphatic heterocycles. The molecule has 3 saturated carbocycles. The van der Waals surface area contributed by atoms with Crippen molar-refractivity contribution in [3.63, 3.8) is 0 Å². The first-order valence-electron chi connectivity index (χ1n) is 14.3. The van der Waals surface area contributed by atoms with Crippen molar-refractivity contribution in [3.05, 3.63) is 47.5 Å². The maximum Gasteiger partial charge on any atom is 0.0868 e. The summed E-state index contributed by atoms with van der Waals surface area (Å²) in [4.78, 5) is 0. The maximum atomic E-state index is 11.0. The van der Waals surface area contributed by atoms with Gasteiger partial charge in [0, 0.05) is 0 Å². The molecule has 34 heavy (non-hydrogen) atoms. The summed E-state index contributed by atoms with van der Waals surface area (Å²) in [5.74, 6) is 4.10. The van der Waals surface area contributed by atoms with Crippen molar-refractivity contribution in [1.82, 2.24) is 0 Å². The molecule has 3 fully saturated rings. The monoisotopic (exact) mass is 464 g/mol. The van der Waals surface area contributed by atoms with Crippen LogP contribution in [0.3, 0.4) is 0 Å². The zero-order valence-electron chi connectivity index (χ0n) is 22.1. The van der Waals surface area contributed by atoms with Gasteiger partial charge in [0.25, 0.3) is 0 Å². The van der Waals surface area contributed by atoms with Crippen LogP contribution in [0, 0.1) is 40.4 Å². The van der Waals surface area contributed by atoms with Crippen LogP contribution >= 0.6 is 0 Å². The molecule has 1 aromatic carbocycles. The van der Waals surface area contributed by atoms with Crippen LogP contribution in [0.15, 0.2) is 42.0 Å². The van der Waals surface area contributed by atoms with E-state index >= 15 is 0 Å². The summed E-state index contributed by atoms with van der Waals surface area (Å²) in [7, 11) is 0. The van der Waals surface area contributed by atoms with E-state index in [0.717, 1.165) is 60.8 Å². The second kappa shape index (κ2) is 9.07. The van der Waals surface area contributed by atoms with Crippen LogP contribution in [0.25, 0.3) is 0 Å². The van der Waals surface area contributed by atoms with Crippen molar-refractivity contribution in [1.29, 1.82) is 0 Å². The van der Waals surface area contributed by atoms with Gasteiger partial charge >= 0.3 is 0 Å². The molecular formula is C32H48O2. The summed E-state index contributed by atoms with van der Waals surface area (Å²) in [6, 6.07) is 10.2. The Morgan fingerprint density at radius 1 is 1.03 bits per heavy atom. The van der Waals surface area contributed by atoms with Gasteiger partial charge in [-0.25, -0.2) is 0 Å². The second-order valence-corrected chi connectivity index (χ2v) is 13.4. The van der Waals surface area contributed by atoms with E-state index in [1.807, 2.05) is 25.1 Å². The fourth-order valence-electron chi connectivity index (χ4n) is 9.53. The lowest BCUT2D eigenvalue weighted by Gasteiger charge is -2.58. The minimum atomic E-state index is -0.726. The number of hydrogen-bond donors (Lipinski definition) is 2. The summed E-state index contributed by atoms with van der Waals surface area (Å²) in [6.45, 7) is 9.67. The van der Waals surface area contributed by atoms with Crippen LogP contribution in [-0.4, -0.2) is 16.3 Å². The Labute approximate surface area is 208 Å². The third-order valence-electron chi connectivity index (χ3n) is 11.6. The Kier molecular flexibility index (Phi) is 6.56. The zero-order chi connectivity index (χ0) is 24.1. The Morgan fingerprint density at radius 2 is 1.79 bits per heavy atom. The Hall–Kier alpha value is -1.12. The number of hydrogen-bond acceptors (Lipinski definition) is 2. The van der Waals surface area contributed by atoms with Gasteiger partial charge in [-0.1, -0.05) is 69.2 Å². The fourth-order valence-corrected chi connectivity index (χ4v) is 9.53. The fraction of sp³-hybridized carbons (Fsp3) is 0.750. The molecule has 0 spiro atoms. The van der Waals surface area contributed by atoms with Crippen molar-refractivity contribution in [2.75, 3.05) is 0 Å². The van der Waals surface area contributed by atoms with Gasteiger partial charge in [0.05, 0.1) is 11.7 Å². The molecule has 4 aliphatic rings. The molecule has 4 aliphatic carbocycles. The third kappa shape index (κ3) is 4.11. The average molecular weight is 465 g/mol. The molecule has 9 atom stereocenters. The lowest BCUT2D eigenvalue weighted by atomic mass is 9.47. The van der Waals surface area contributed by atoms with E-state index in [9.17, 15) is 10.2 Å². The number of fused-ring (bicyclic) bond motifs is 5. The standard InChI is InChI=1S/C32H48O2/c1-22(9-8-18-32(4,34)23-10-6-5-7-11-23)27-14-15-28-26-13-12-24-21-25(33)16-19-30(24,2)29(26)17-20-31(27,28)3/h5-7,10-12,22,25-29,33-34H,8-9,13-21H2,1-4H3/t22-,25-,26+,27+,28-,29+,30+,31-,32+/m1/s1. The first-order chi connectivity index (χ1) is 16.1. The van der Waals surface area contributed by atoms with Crippen LogP contribution in [-0.2, 0) is 5.60 Å². The Bertz CT molecular complexity index is 888. The SMILES string of the molecule is C[C@H](CCC[C@](C)(O)c1ccccc1)[C@@H]1CC[C@@H]2[C@@H]3CC=C4C[C@H](O)CC[C@]4(C)[C@H]3CC[C@@]21C. The molecule has 0 heterocycles. The summed E-state index contributed by atoms with van der Waals surface area (Å²) in [6.07, 6.45) is 15.6. The van der Waals surface area contributed by atoms with Gasteiger partial charge in [-0.2, -0.15) is 0 Å². The normalized spacial score (nSPS) is 42.1. The van der Waals surface area contributed by atoms with Gasteiger partial charge in [-0.15, -0.1) is 0 Å². The van der Waals surface area contributed by atoms with Crippen molar-refractivity contribution in [2.24, 2.45) is 40.4 Å². The predicted molar refractivity (Wildman–Crippen MR) is 140 cm³/mol. The lowest BCUT2D eigenvalue weighted by Crippen LogP contribution is -2.50. The van der Waals surface area contributed by atoms with Crippen LogP contribution in [0.2, 0.25) is 0 Å².